The van der Waals surface area contributed by atoms with Crippen LogP contribution in [-0.4, -0.2) is 29.1 Å². The van der Waals surface area contributed by atoms with Crippen LogP contribution >= 0.6 is 0 Å². The highest BCUT2D eigenvalue weighted by Gasteiger charge is 2.30. The van der Waals surface area contributed by atoms with Crippen molar-refractivity contribution in [1.29, 1.82) is 0 Å². The van der Waals surface area contributed by atoms with E-state index in [1.807, 2.05) is 38.1 Å². The largest absolute Gasteiger partial charge is 0.343 e. The molecule has 6 nitrogen and oxygen atoms in total. The smallest absolute Gasteiger partial charge is 0.266 e. The summed E-state index contributed by atoms with van der Waals surface area (Å²) in [7, 11) is 0. The van der Waals surface area contributed by atoms with Gasteiger partial charge in [-0.15, -0.1) is 0 Å². The molecule has 0 fully saturated rings. The van der Waals surface area contributed by atoms with Crippen LogP contribution < -0.4 is 16.1 Å². The maximum Gasteiger partial charge on any atom is 0.266 e. The lowest BCUT2D eigenvalue weighted by molar-refractivity contribution is -0.136. The third kappa shape index (κ3) is 3.64. The predicted molar refractivity (Wildman–Crippen MR) is 82.1 cm³/mol. The van der Waals surface area contributed by atoms with Gasteiger partial charge in [-0.3, -0.25) is 14.8 Å². The number of amides is 2. The molecule has 6 heteroatoms. The number of hydroxylamine groups is 1. The van der Waals surface area contributed by atoms with Gasteiger partial charge in [0.25, 0.3) is 5.91 Å². The maximum absolute atomic E-state index is 12.4. The van der Waals surface area contributed by atoms with Crippen LogP contribution in [0.25, 0.3) is 0 Å². The van der Waals surface area contributed by atoms with Crippen molar-refractivity contribution < 1.29 is 14.8 Å². The van der Waals surface area contributed by atoms with E-state index in [0.29, 0.717) is 13.0 Å². The van der Waals surface area contributed by atoms with Crippen LogP contribution in [0, 0.1) is 5.92 Å². The Bertz CT molecular complexity index is 547. The average Bonchev–Trinajstić information content (AvgIpc) is 2.57. The van der Waals surface area contributed by atoms with Gasteiger partial charge in [0.2, 0.25) is 5.91 Å². The standard InChI is InChI=1S/C16H23N3O3/c1-3-10(2)14(16(21)19-22)18-15(20)13-8-11-6-4-5-7-12(11)9-17-13/h4-7,10,13-14,17,22H,3,8-9H2,1-2H3,(H,18,20)(H,19,21)/t10-,13-,14-/m0/s1. The molecule has 22 heavy (non-hydrogen) atoms. The molecule has 1 aromatic rings. The Morgan fingerprint density at radius 1 is 1.36 bits per heavy atom. The number of rotatable bonds is 5. The third-order valence-corrected chi connectivity index (χ3v) is 4.30. The first kappa shape index (κ1) is 16.5. The van der Waals surface area contributed by atoms with Gasteiger partial charge in [0.15, 0.2) is 0 Å². The first-order valence-corrected chi connectivity index (χ1v) is 7.61. The molecule has 1 aliphatic heterocycles. The fourth-order valence-electron chi connectivity index (χ4n) is 2.67. The minimum Gasteiger partial charge on any atom is -0.343 e. The number of carbonyl (C=O) groups is 2. The van der Waals surface area contributed by atoms with Crippen molar-refractivity contribution in [2.75, 3.05) is 0 Å². The van der Waals surface area contributed by atoms with Crippen molar-refractivity contribution in [3.8, 4) is 0 Å². The second-order valence-electron chi connectivity index (χ2n) is 5.75. The summed E-state index contributed by atoms with van der Waals surface area (Å²) in [5, 5.41) is 14.8. The molecule has 4 N–H and O–H groups in total. The van der Waals surface area contributed by atoms with Crippen LogP contribution in [0.2, 0.25) is 0 Å². The second-order valence-corrected chi connectivity index (χ2v) is 5.75. The summed E-state index contributed by atoms with van der Waals surface area (Å²) in [6.45, 7) is 4.43. The minimum absolute atomic E-state index is 0.0630. The van der Waals surface area contributed by atoms with Crippen LogP contribution in [0.15, 0.2) is 24.3 Å². The van der Waals surface area contributed by atoms with Crippen LogP contribution in [0.4, 0.5) is 0 Å². The second kappa shape index (κ2) is 7.38. The zero-order valence-electron chi connectivity index (χ0n) is 12.9. The SMILES string of the molecule is CC[C@H](C)[C@H](NC(=O)[C@@H]1Cc2ccccc2CN1)C(=O)NO. The molecule has 0 unspecified atom stereocenters. The van der Waals surface area contributed by atoms with Gasteiger partial charge in [0, 0.05) is 6.54 Å². The van der Waals surface area contributed by atoms with E-state index in [1.54, 1.807) is 5.48 Å². The van der Waals surface area contributed by atoms with Gasteiger partial charge in [-0.2, -0.15) is 0 Å². The summed E-state index contributed by atoms with van der Waals surface area (Å²) in [5.41, 5.74) is 3.97. The van der Waals surface area contributed by atoms with Gasteiger partial charge in [-0.1, -0.05) is 44.5 Å². The van der Waals surface area contributed by atoms with E-state index in [1.165, 1.54) is 5.56 Å². The number of hydrogen-bond donors (Lipinski definition) is 4. The van der Waals surface area contributed by atoms with Crippen molar-refractivity contribution >= 4 is 11.8 Å². The van der Waals surface area contributed by atoms with E-state index in [-0.39, 0.29) is 17.9 Å². The molecule has 120 valence electrons. The normalized spacial score (nSPS) is 19.7. The lowest BCUT2D eigenvalue weighted by atomic mass is 9.94. The van der Waals surface area contributed by atoms with Gasteiger partial charge < -0.3 is 10.6 Å². The monoisotopic (exact) mass is 305 g/mol. The van der Waals surface area contributed by atoms with Gasteiger partial charge in [-0.25, -0.2) is 5.48 Å². The average molecular weight is 305 g/mol. The third-order valence-electron chi connectivity index (χ3n) is 4.30. The van der Waals surface area contributed by atoms with Crippen LogP contribution in [-0.2, 0) is 22.6 Å². The molecule has 2 amide bonds. The van der Waals surface area contributed by atoms with Gasteiger partial charge in [-0.05, 0) is 23.5 Å². The Hall–Kier alpha value is -1.92. The van der Waals surface area contributed by atoms with Crippen molar-refractivity contribution in [3.05, 3.63) is 35.4 Å². The Morgan fingerprint density at radius 2 is 2.05 bits per heavy atom. The summed E-state index contributed by atoms with van der Waals surface area (Å²) in [4.78, 5) is 24.2. The van der Waals surface area contributed by atoms with E-state index in [4.69, 9.17) is 5.21 Å². The van der Waals surface area contributed by atoms with Crippen LogP contribution in [0.3, 0.4) is 0 Å². The van der Waals surface area contributed by atoms with Crippen molar-refractivity contribution in [2.45, 2.75) is 45.3 Å². The molecule has 0 spiro atoms. The Labute approximate surface area is 130 Å². The lowest BCUT2D eigenvalue weighted by Crippen LogP contribution is -2.55. The van der Waals surface area contributed by atoms with Gasteiger partial charge in [0.1, 0.15) is 6.04 Å². The van der Waals surface area contributed by atoms with E-state index in [0.717, 1.165) is 12.0 Å². The number of benzene rings is 1. The molecule has 1 heterocycles. The highest BCUT2D eigenvalue weighted by Crippen LogP contribution is 2.17. The maximum atomic E-state index is 12.4. The molecule has 0 aromatic heterocycles. The molecular weight excluding hydrogens is 282 g/mol. The zero-order chi connectivity index (χ0) is 16.1. The number of carbonyl (C=O) groups excluding carboxylic acids is 2. The Balaban J connectivity index is 2.04. The molecule has 2 rings (SSSR count). The fourth-order valence-corrected chi connectivity index (χ4v) is 2.67. The summed E-state index contributed by atoms with van der Waals surface area (Å²) < 4.78 is 0. The summed E-state index contributed by atoms with van der Waals surface area (Å²) in [6, 6.07) is 6.89. The van der Waals surface area contributed by atoms with Crippen molar-refractivity contribution in [2.24, 2.45) is 5.92 Å². The topological polar surface area (TPSA) is 90.5 Å². The first-order chi connectivity index (χ1) is 10.6. The molecule has 1 aliphatic rings. The number of fused-ring (bicyclic) bond motifs is 1. The highest BCUT2D eigenvalue weighted by molar-refractivity contribution is 5.89. The molecule has 3 atom stereocenters. The fraction of sp³-hybridized carbons (Fsp3) is 0.500. The Kier molecular flexibility index (Phi) is 5.51. The quantitative estimate of drug-likeness (QED) is 0.477. The van der Waals surface area contributed by atoms with E-state index < -0.39 is 11.9 Å². The van der Waals surface area contributed by atoms with E-state index >= 15 is 0 Å². The van der Waals surface area contributed by atoms with Gasteiger partial charge in [0.05, 0.1) is 6.04 Å². The zero-order valence-corrected chi connectivity index (χ0v) is 12.9. The summed E-state index contributed by atoms with van der Waals surface area (Å²) in [6.07, 6.45) is 1.31. The first-order valence-electron chi connectivity index (χ1n) is 7.61. The van der Waals surface area contributed by atoms with Crippen molar-refractivity contribution in [1.82, 2.24) is 16.1 Å². The highest BCUT2D eigenvalue weighted by atomic mass is 16.5. The molecule has 0 aliphatic carbocycles. The Morgan fingerprint density at radius 3 is 2.68 bits per heavy atom. The summed E-state index contributed by atoms with van der Waals surface area (Å²) >= 11 is 0. The predicted octanol–water partition coefficient (Wildman–Crippen LogP) is 0.737. The number of nitrogens with one attached hydrogen (secondary N) is 3. The molecular formula is C16H23N3O3. The minimum atomic E-state index is -0.735. The van der Waals surface area contributed by atoms with E-state index in [9.17, 15) is 9.59 Å². The van der Waals surface area contributed by atoms with E-state index in [2.05, 4.69) is 10.6 Å². The molecule has 0 bridgehead atoms. The van der Waals surface area contributed by atoms with Gasteiger partial charge >= 0.3 is 0 Å². The lowest BCUT2D eigenvalue weighted by Gasteiger charge is -2.28. The number of hydrogen-bond acceptors (Lipinski definition) is 4. The van der Waals surface area contributed by atoms with Crippen LogP contribution in [0.1, 0.15) is 31.4 Å². The molecule has 0 saturated carbocycles. The molecule has 0 saturated heterocycles. The summed E-state index contributed by atoms with van der Waals surface area (Å²) in [5.74, 6) is -0.866. The van der Waals surface area contributed by atoms with Crippen molar-refractivity contribution in [3.63, 3.8) is 0 Å². The molecule has 0 radical (unpaired) electrons. The molecule has 1 aromatic carbocycles. The van der Waals surface area contributed by atoms with Crippen LogP contribution in [0.5, 0.6) is 0 Å².